The van der Waals surface area contributed by atoms with Gasteiger partial charge in [-0.15, -0.1) is 0 Å². The molecule has 0 bridgehead atoms. The first kappa shape index (κ1) is 22.1. The zero-order chi connectivity index (χ0) is 24.3. The predicted molar refractivity (Wildman–Crippen MR) is 145 cm³/mol. The number of hydrogen-bond acceptors (Lipinski definition) is 4. The Morgan fingerprint density at radius 1 is 0.750 bits per heavy atom. The molecule has 5 aromatic rings. The van der Waals surface area contributed by atoms with Crippen molar-refractivity contribution in [2.45, 2.75) is 12.1 Å². The number of thiocarbonyl (C=S) groups is 1. The second-order valence-corrected chi connectivity index (χ2v) is 8.86. The van der Waals surface area contributed by atoms with Crippen molar-refractivity contribution < 1.29 is 9.15 Å². The number of hydrogen-bond donors (Lipinski definition) is 1. The molecule has 1 aliphatic rings. The molecule has 5 nitrogen and oxygen atoms in total. The molecule has 36 heavy (non-hydrogen) atoms. The van der Waals surface area contributed by atoms with Gasteiger partial charge in [-0.25, -0.2) is 0 Å². The van der Waals surface area contributed by atoms with Gasteiger partial charge in [0.15, 0.2) is 5.11 Å². The molecule has 0 unspecified atom stereocenters. The van der Waals surface area contributed by atoms with Gasteiger partial charge in [-0.1, -0.05) is 54.6 Å². The quantitative estimate of drug-likeness (QED) is 0.252. The van der Waals surface area contributed by atoms with E-state index in [-0.39, 0.29) is 12.1 Å². The van der Waals surface area contributed by atoms with E-state index in [2.05, 4.69) is 15.2 Å². The molecule has 6 heteroatoms. The van der Waals surface area contributed by atoms with Crippen molar-refractivity contribution in [2.75, 3.05) is 4.90 Å². The van der Waals surface area contributed by atoms with Crippen LogP contribution in [0.25, 0.3) is 11.3 Å². The fourth-order valence-corrected chi connectivity index (χ4v) is 4.84. The molecule has 1 fully saturated rings. The summed E-state index contributed by atoms with van der Waals surface area (Å²) in [5.41, 5.74) is 2.86. The predicted octanol–water partition coefficient (Wildman–Crippen LogP) is 7.31. The Morgan fingerprint density at radius 3 is 2.17 bits per heavy atom. The summed E-state index contributed by atoms with van der Waals surface area (Å²) in [6, 6.07) is 37.3. The highest BCUT2D eigenvalue weighted by Crippen LogP contribution is 2.43. The Hall–Kier alpha value is -4.42. The van der Waals surface area contributed by atoms with Crippen molar-refractivity contribution in [3.63, 3.8) is 0 Å². The molecule has 0 amide bonds. The summed E-state index contributed by atoms with van der Waals surface area (Å²) in [4.78, 5) is 6.71. The zero-order valence-electron chi connectivity index (χ0n) is 19.3. The molecular weight excluding hydrogens is 466 g/mol. The van der Waals surface area contributed by atoms with E-state index in [9.17, 15) is 0 Å². The molecule has 2 aromatic heterocycles. The number of anilines is 1. The molecule has 1 N–H and O–H groups in total. The van der Waals surface area contributed by atoms with Gasteiger partial charge < -0.3 is 19.4 Å². The van der Waals surface area contributed by atoms with Gasteiger partial charge in [-0.2, -0.15) is 0 Å². The second kappa shape index (κ2) is 9.68. The van der Waals surface area contributed by atoms with E-state index in [0.29, 0.717) is 5.11 Å². The number of ether oxygens (including phenoxy) is 1. The summed E-state index contributed by atoms with van der Waals surface area (Å²) < 4.78 is 12.4. The Morgan fingerprint density at radius 2 is 1.44 bits per heavy atom. The maximum absolute atomic E-state index is 6.41. The average molecular weight is 490 g/mol. The fraction of sp³-hybridized carbons (Fsp3) is 0.0667. The smallest absolute Gasteiger partial charge is 0.174 e. The number of benzene rings is 3. The summed E-state index contributed by atoms with van der Waals surface area (Å²) >= 11 is 5.83. The monoisotopic (exact) mass is 489 g/mol. The van der Waals surface area contributed by atoms with Crippen LogP contribution in [0.4, 0.5) is 5.69 Å². The van der Waals surface area contributed by atoms with Crippen LogP contribution in [-0.2, 0) is 0 Å². The lowest BCUT2D eigenvalue weighted by Crippen LogP contribution is -2.29. The second-order valence-electron chi connectivity index (χ2n) is 8.47. The normalized spacial score (nSPS) is 17.1. The van der Waals surface area contributed by atoms with Crippen LogP contribution < -0.4 is 15.0 Å². The lowest BCUT2D eigenvalue weighted by molar-refractivity contribution is 0.439. The Labute approximate surface area is 215 Å². The maximum atomic E-state index is 6.41. The third kappa shape index (κ3) is 4.34. The van der Waals surface area contributed by atoms with E-state index in [4.69, 9.17) is 21.4 Å². The zero-order valence-corrected chi connectivity index (χ0v) is 20.1. The van der Waals surface area contributed by atoms with E-state index in [1.54, 1.807) is 6.20 Å². The minimum atomic E-state index is -0.217. The number of nitrogens with zero attached hydrogens (tertiary/aromatic N) is 2. The van der Waals surface area contributed by atoms with Gasteiger partial charge >= 0.3 is 0 Å². The van der Waals surface area contributed by atoms with Crippen molar-refractivity contribution >= 4 is 23.0 Å². The molecule has 3 heterocycles. The Balaban J connectivity index is 1.36. The van der Waals surface area contributed by atoms with E-state index in [1.165, 1.54) is 0 Å². The Kier molecular flexibility index (Phi) is 5.93. The minimum Gasteiger partial charge on any atom is -0.459 e. The van der Waals surface area contributed by atoms with E-state index < -0.39 is 0 Å². The minimum absolute atomic E-state index is 0.172. The van der Waals surface area contributed by atoms with Crippen LogP contribution in [0.5, 0.6) is 11.5 Å². The van der Waals surface area contributed by atoms with Crippen molar-refractivity contribution in [2.24, 2.45) is 0 Å². The highest BCUT2D eigenvalue weighted by atomic mass is 32.1. The molecule has 0 radical (unpaired) electrons. The molecule has 1 saturated heterocycles. The third-order valence-corrected chi connectivity index (χ3v) is 6.48. The highest BCUT2D eigenvalue weighted by molar-refractivity contribution is 7.80. The summed E-state index contributed by atoms with van der Waals surface area (Å²) in [6.45, 7) is 0. The van der Waals surface area contributed by atoms with Gasteiger partial charge in [0.05, 0.1) is 11.7 Å². The van der Waals surface area contributed by atoms with Crippen molar-refractivity contribution in [1.82, 2.24) is 10.3 Å². The van der Waals surface area contributed by atoms with Gasteiger partial charge in [0.1, 0.15) is 29.1 Å². The first-order valence-corrected chi connectivity index (χ1v) is 12.2. The molecule has 2 atom stereocenters. The molecule has 6 rings (SSSR count). The molecule has 3 aromatic carbocycles. The number of para-hydroxylation sites is 1. The van der Waals surface area contributed by atoms with Crippen LogP contribution >= 0.6 is 12.2 Å². The van der Waals surface area contributed by atoms with Crippen molar-refractivity contribution in [1.29, 1.82) is 0 Å². The lowest BCUT2D eigenvalue weighted by atomic mass is 10.0. The van der Waals surface area contributed by atoms with Crippen molar-refractivity contribution in [3.8, 4) is 22.8 Å². The largest absolute Gasteiger partial charge is 0.459 e. The van der Waals surface area contributed by atoms with Crippen LogP contribution in [0, 0.1) is 0 Å². The summed E-state index contributed by atoms with van der Waals surface area (Å²) in [6.07, 6.45) is 1.80. The van der Waals surface area contributed by atoms with Gasteiger partial charge in [0.25, 0.3) is 0 Å². The number of pyridine rings is 1. The third-order valence-electron chi connectivity index (χ3n) is 6.17. The number of nitrogens with one attached hydrogen (secondary N) is 1. The van der Waals surface area contributed by atoms with E-state index in [1.807, 2.05) is 115 Å². The maximum Gasteiger partial charge on any atom is 0.174 e. The van der Waals surface area contributed by atoms with Crippen LogP contribution in [0.15, 0.2) is 126 Å². The summed E-state index contributed by atoms with van der Waals surface area (Å²) in [5, 5.41) is 4.09. The standard InChI is InChI=1S/C30H23N3O2S/c36-30-32-28(25-13-7-8-20-31-25)29(27-19-18-26(35-27)21-9-3-1-4-10-21)33(30)22-14-16-24(17-15-22)34-23-11-5-2-6-12-23/h1-20,28-29H,(H,32,36)/t28-,29-/m1/s1. The summed E-state index contributed by atoms with van der Waals surface area (Å²) in [5.74, 6) is 3.17. The summed E-state index contributed by atoms with van der Waals surface area (Å²) in [7, 11) is 0. The van der Waals surface area contributed by atoms with Crippen LogP contribution in [-0.4, -0.2) is 10.1 Å². The van der Waals surface area contributed by atoms with Gasteiger partial charge in [0, 0.05) is 17.4 Å². The molecule has 0 aliphatic carbocycles. The fourth-order valence-electron chi connectivity index (χ4n) is 4.49. The lowest BCUT2D eigenvalue weighted by Gasteiger charge is -2.26. The SMILES string of the molecule is S=C1N[C@H](c2ccccn2)[C@@H](c2ccc(-c3ccccc3)o2)N1c1ccc(Oc2ccccc2)cc1. The first-order valence-electron chi connectivity index (χ1n) is 11.7. The van der Waals surface area contributed by atoms with Gasteiger partial charge in [-0.3, -0.25) is 4.98 Å². The number of rotatable bonds is 6. The highest BCUT2D eigenvalue weighted by Gasteiger charge is 2.42. The first-order chi connectivity index (χ1) is 17.8. The van der Waals surface area contributed by atoms with Crippen LogP contribution in [0.3, 0.4) is 0 Å². The molecule has 176 valence electrons. The van der Waals surface area contributed by atoms with Crippen LogP contribution in [0.1, 0.15) is 23.5 Å². The topological polar surface area (TPSA) is 50.5 Å². The van der Waals surface area contributed by atoms with Crippen molar-refractivity contribution in [3.05, 3.63) is 133 Å². The van der Waals surface area contributed by atoms with E-state index >= 15 is 0 Å². The molecular formula is C30H23N3O2S. The van der Waals surface area contributed by atoms with Crippen LogP contribution in [0.2, 0.25) is 0 Å². The molecule has 1 aliphatic heterocycles. The van der Waals surface area contributed by atoms with Gasteiger partial charge in [0.2, 0.25) is 0 Å². The Bertz CT molecular complexity index is 1450. The number of aromatic nitrogens is 1. The van der Waals surface area contributed by atoms with E-state index in [0.717, 1.165) is 40.0 Å². The van der Waals surface area contributed by atoms with Gasteiger partial charge in [-0.05, 0) is 72.9 Å². The molecule has 0 saturated carbocycles. The molecule has 0 spiro atoms. The number of furan rings is 1. The average Bonchev–Trinajstić information content (AvgIpc) is 3.56.